The first kappa shape index (κ1) is 21.6. The van der Waals surface area contributed by atoms with Gasteiger partial charge in [-0.3, -0.25) is 14.6 Å². The zero-order valence-corrected chi connectivity index (χ0v) is 18.5. The van der Waals surface area contributed by atoms with Crippen LogP contribution >= 0.6 is 11.8 Å². The molecule has 1 atom stereocenters. The van der Waals surface area contributed by atoms with Crippen molar-refractivity contribution in [1.29, 1.82) is 0 Å². The Morgan fingerprint density at radius 1 is 1.22 bits per heavy atom. The van der Waals surface area contributed by atoms with E-state index in [2.05, 4.69) is 18.1 Å². The van der Waals surface area contributed by atoms with E-state index in [4.69, 9.17) is 9.84 Å². The molecule has 1 amide bonds. The summed E-state index contributed by atoms with van der Waals surface area (Å²) in [5.74, 6) is 1.12. The van der Waals surface area contributed by atoms with Gasteiger partial charge in [-0.1, -0.05) is 42.6 Å². The van der Waals surface area contributed by atoms with Crippen LogP contribution in [0.3, 0.4) is 0 Å². The van der Waals surface area contributed by atoms with Crippen molar-refractivity contribution in [2.75, 3.05) is 17.3 Å². The van der Waals surface area contributed by atoms with Crippen LogP contribution in [0.5, 0.6) is 5.75 Å². The van der Waals surface area contributed by atoms with Crippen molar-refractivity contribution in [1.82, 2.24) is 10.1 Å². The van der Waals surface area contributed by atoms with Gasteiger partial charge in [-0.25, -0.2) is 4.90 Å². The number of hydrogen-bond acceptors (Lipinski definition) is 5. The van der Waals surface area contributed by atoms with Gasteiger partial charge in [0.25, 0.3) is 6.17 Å². The first-order valence-electron chi connectivity index (χ1n) is 10.1. The molecular weight excluding hydrogens is 424 g/mol. The van der Waals surface area contributed by atoms with E-state index in [-0.39, 0.29) is 11.5 Å². The van der Waals surface area contributed by atoms with Crippen molar-refractivity contribution in [3.05, 3.63) is 89.8 Å². The molecule has 0 fully saturated rings. The maximum atomic E-state index is 13.1. The van der Waals surface area contributed by atoms with E-state index in [1.165, 1.54) is 18.7 Å². The molecule has 1 aliphatic heterocycles. The topological polar surface area (TPSA) is 79.2 Å². The molecule has 3 aromatic rings. The van der Waals surface area contributed by atoms with Crippen LogP contribution in [0, 0.1) is 0 Å². The van der Waals surface area contributed by atoms with Crippen LogP contribution in [-0.2, 0) is 4.79 Å². The molecule has 0 unspecified atom stereocenters. The number of carbonyl (C=O) groups is 1. The number of para-hydroxylation sites is 1. The fourth-order valence-corrected chi connectivity index (χ4v) is 4.29. The molecule has 0 radical (unpaired) electrons. The molecule has 0 spiro atoms. The Balaban J connectivity index is 1.93. The lowest BCUT2D eigenvalue weighted by Gasteiger charge is -2.31. The van der Waals surface area contributed by atoms with Gasteiger partial charge < -0.3 is 4.74 Å². The number of aromatic nitrogens is 3. The Labute approximate surface area is 190 Å². The number of rotatable bonds is 7. The highest BCUT2D eigenvalue weighted by molar-refractivity contribution is 7.99. The second-order valence-corrected chi connectivity index (χ2v) is 8.11. The fraction of sp³-hybridized carbons (Fsp3) is 0.167. The largest absolute Gasteiger partial charge is 0.490 e. The minimum atomic E-state index is -0.628. The molecule has 32 heavy (non-hydrogen) atoms. The highest BCUT2D eigenvalue weighted by Gasteiger charge is 2.44. The number of anilines is 1. The lowest BCUT2D eigenvalue weighted by atomic mass is 10.0. The van der Waals surface area contributed by atoms with Crippen LogP contribution in [0.25, 0.3) is 11.3 Å². The lowest BCUT2D eigenvalue weighted by Crippen LogP contribution is -2.60. The summed E-state index contributed by atoms with van der Waals surface area (Å²) in [4.78, 5) is 30.5. The average molecular weight is 448 g/mol. The van der Waals surface area contributed by atoms with Gasteiger partial charge in [0.05, 0.1) is 11.3 Å². The van der Waals surface area contributed by atoms with Crippen molar-refractivity contribution >= 4 is 23.4 Å². The molecule has 4 rings (SSSR count). The molecule has 1 aliphatic rings. The number of fused-ring (bicyclic) bond motifs is 3. The van der Waals surface area contributed by atoms with E-state index in [0.29, 0.717) is 40.2 Å². The summed E-state index contributed by atoms with van der Waals surface area (Å²) in [5.41, 5.74) is 2.25. The summed E-state index contributed by atoms with van der Waals surface area (Å²) >= 11 is 1.37. The molecule has 1 N–H and O–H groups in total. The number of hydrogen-bond donors (Lipinski definition) is 1. The van der Waals surface area contributed by atoms with E-state index >= 15 is 0 Å². The van der Waals surface area contributed by atoms with Crippen LogP contribution in [0.2, 0.25) is 0 Å². The number of ether oxygens (including phenoxy) is 1. The predicted molar refractivity (Wildman–Crippen MR) is 125 cm³/mol. The third-order valence-corrected chi connectivity index (χ3v) is 5.84. The standard InChI is InChI=1S/C24H22N4O3S/c1-4-14-31-18-12-10-17(11-13-18)23-27(16(3)29)20-9-7-6-8-19(20)21-22(30)25-24(26-28(21)23)32-15-5-2/h4-13,23H,1-2,14-15H2,3H3/p+1/t23-/m1/s1. The number of thioether (sulfide) groups is 1. The Bertz CT molecular complexity index is 1240. The van der Waals surface area contributed by atoms with Crippen molar-refractivity contribution in [2.24, 2.45) is 0 Å². The fourth-order valence-electron chi connectivity index (χ4n) is 3.71. The molecule has 1 aromatic heterocycles. The summed E-state index contributed by atoms with van der Waals surface area (Å²) in [6.07, 6.45) is 2.79. The van der Waals surface area contributed by atoms with Crippen LogP contribution in [0.15, 0.2) is 83.8 Å². The monoisotopic (exact) mass is 447 g/mol. The zero-order valence-electron chi connectivity index (χ0n) is 17.7. The van der Waals surface area contributed by atoms with Crippen LogP contribution in [0.1, 0.15) is 18.7 Å². The minimum Gasteiger partial charge on any atom is -0.490 e. The van der Waals surface area contributed by atoms with Crippen molar-refractivity contribution in [3.8, 4) is 17.0 Å². The SMILES string of the molecule is C=CCOc1ccc([C@@H]2N(C(C)=O)c3ccccc3-c3c(=O)[nH]c(SCC=C)n[n+]32)cc1. The van der Waals surface area contributed by atoms with E-state index in [1.807, 2.05) is 48.5 Å². The van der Waals surface area contributed by atoms with Gasteiger partial charge in [-0.15, -0.1) is 6.58 Å². The molecule has 0 aliphatic carbocycles. The quantitative estimate of drug-likeness (QED) is 0.341. The van der Waals surface area contributed by atoms with Gasteiger partial charge in [-0.05, 0) is 41.1 Å². The Morgan fingerprint density at radius 3 is 2.66 bits per heavy atom. The lowest BCUT2D eigenvalue weighted by molar-refractivity contribution is -0.763. The molecule has 0 saturated heterocycles. The summed E-state index contributed by atoms with van der Waals surface area (Å²) in [5, 5.41) is 5.17. The van der Waals surface area contributed by atoms with Crippen LogP contribution in [0.4, 0.5) is 5.69 Å². The predicted octanol–water partition coefficient (Wildman–Crippen LogP) is 3.48. The highest BCUT2D eigenvalue weighted by Crippen LogP contribution is 2.37. The van der Waals surface area contributed by atoms with Gasteiger partial charge in [-0.2, -0.15) is 0 Å². The van der Waals surface area contributed by atoms with E-state index in [9.17, 15) is 9.59 Å². The van der Waals surface area contributed by atoms with Crippen LogP contribution in [-0.4, -0.2) is 28.3 Å². The number of aromatic amines is 1. The smallest absolute Gasteiger partial charge is 0.325 e. The van der Waals surface area contributed by atoms with Gasteiger partial charge in [0.1, 0.15) is 12.4 Å². The second-order valence-electron chi connectivity index (χ2n) is 7.10. The number of H-pyrrole nitrogens is 1. The van der Waals surface area contributed by atoms with Crippen molar-refractivity contribution < 1.29 is 14.2 Å². The third-order valence-electron chi connectivity index (χ3n) is 4.98. The van der Waals surface area contributed by atoms with Gasteiger partial charge in [0.2, 0.25) is 11.1 Å². The summed E-state index contributed by atoms with van der Waals surface area (Å²) < 4.78 is 7.22. The highest BCUT2D eigenvalue weighted by atomic mass is 32.2. The number of carbonyl (C=O) groups excluding carboxylic acids is 1. The van der Waals surface area contributed by atoms with E-state index in [0.717, 1.165) is 5.56 Å². The zero-order chi connectivity index (χ0) is 22.7. The Hall–Kier alpha value is -3.65. The molecule has 162 valence electrons. The molecule has 0 saturated carbocycles. The maximum absolute atomic E-state index is 13.1. The number of benzene rings is 2. The molecule has 2 aromatic carbocycles. The maximum Gasteiger partial charge on any atom is 0.325 e. The van der Waals surface area contributed by atoms with E-state index < -0.39 is 6.17 Å². The van der Waals surface area contributed by atoms with E-state index in [1.54, 1.807) is 21.7 Å². The second kappa shape index (κ2) is 9.23. The average Bonchev–Trinajstić information content (AvgIpc) is 2.80. The molecule has 8 heteroatoms. The third kappa shape index (κ3) is 3.97. The molecule has 2 heterocycles. The summed E-state index contributed by atoms with van der Waals surface area (Å²) in [6.45, 7) is 9.29. The number of nitrogens with one attached hydrogen (secondary N) is 1. The first-order valence-corrected chi connectivity index (χ1v) is 11.1. The number of amides is 1. The molecule has 7 nitrogen and oxygen atoms in total. The Morgan fingerprint density at radius 2 is 1.97 bits per heavy atom. The van der Waals surface area contributed by atoms with Crippen LogP contribution < -0.4 is 19.9 Å². The van der Waals surface area contributed by atoms with Crippen molar-refractivity contribution in [2.45, 2.75) is 18.2 Å². The van der Waals surface area contributed by atoms with Gasteiger partial charge in [0, 0.05) is 23.3 Å². The molecule has 0 bridgehead atoms. The van der Waals surface area contributed by atoms with Gasteiger partial charge in [0.15, 0.2) is 0 Å². The summed E-state index contributed by atoms with van der Waals surface area (Å²) in [7, 11) is 0. The van der Waals surface area contributed by atoms with Gasteiger partial charge >= 0.3 is 11.3 Å². The normalized spacial score (nSPS) is 14.3. The molecular formula is C24H23N4O3S+. The Kier molecular flexibility index (Phi) is 6.23. The minimum absolute atomic E-state index is 0.157. The number of nitrogens with zero attached hydrogens (tertiary/aromatic N) is 3. The van der Waals surface area contributed by atoms with Crippen molar-refractivity contribution in [3.63, 3.8) is 0 Å². The summed E-state index contributed by atoms with van der Waals surface area (Å²) in [6, 6.07) is 14.8. The first-order chi connectivity index (χ1) is 15.5.